The van der Waals surface area contributed by atoms with Gasteiger partial charge in [-0.3, -0.25) is 0 Å². The highest BCUT2D eigenvalue weighted by Gasteiger charge is 2.64. The Balaban J connectivity index is 0.000000126. The zero-order chi connectivity index (χ0) is 53.0. The highest BCUT2D eigenvalue weighted by Crippen LogP contribution is 2.70. The Bertz CT molecular complexity index is 2770. The molecule has 7 nitrogen and oxygen atoms in total. The normalized spacial score (nSPS) is 41.4. The summed E-state index contributed by atoms with van der Waals surface area (Å²) >= 11 is 1.98. The molecule has 3 aromatic rings. The predicted octanol–water partition coefficient (Wildman–Crippen LogP) is 15.4. The Labute approximate surface area is 445 Å². The van der Waals surface area contributed by atoms with Crippen LogP contribution in [0.15, 0.2) is 69.3 Å². The van der Waals surface area contributed by atoms with Crippen LogP contribution in [-0.4, -0.2) is 49.4 Å². The molecule has 73 heavy (non-hydrogen) atoms. The van der Waals surface area contributed by atoms with E-state index in [-0.39, 0.29) is 72.7 Å². The summed E-state index contributed by atoms with van der Waals surface area (Å²) in [4.78, 5) is 2.05. The van der Waals surface area contributed by atoms with E-state index < -0.39 is 19.7 Å². The Morgan fingerprint density at radius 2 is 0.740 bits per heavy atom. The first-order valence-corrected chi connectivity index (χ1v) is 32.7. The second-order valence-electron chi connectivity index (χ2n) is 29.1. The number of fused-ring (bicyclic) bond motifs is 15. The molecule has 0 bridgehead atoms. The lowest BCUT2D eigenvalue weighted by Crippen LogP contribution is -2.59. The zero-order valence-corrected chi connectivity index (χ0v) is 49.0. The lowest BCUT2D eigenvalue weighted by molar-refractivity contribution is -0.0982. The Kier molecular flexibility index (Phi) is 12.8. The summed E-state index contributed by atoms with van der Waals surface area (Å²) in [5.74, 6) is 5.27. The maximum Gasteiger partial charge on any atom is 0.179 e. The summed E-state index contributed by atoms with van der Waals surface area (Å²) in [6, 6.07) is 16.1. The number of phenols is 3. The topological polar surface area (TPSA) is 129 Å². The first-order chi connectivity index (χ1) is 33.8. The molecule has 0 spiro atoms. The highest BCUT2D eigenvalue weighted by molar-refractivity contribution is 7.99. The quantitative estimate of drug-likeness (QED) is 0.203. The maximum atomic E-state index is 13.1. The molecule has 3 aromatic carbocycles. The molecular weight excluding hydrogens is 965 g/mol. The Morgan fingerprint density at radius 1 is 0.411 bits per heavy atom. The number of rotatable bonds is 0. The van der Waals surface area contributed by atoms with Gasteiger partial charge in [0.25, 0.3) is 0 Å². The van der Waals surface area contributed by atoms with Crippen molar-refractivity contribution in [2.75, 3.05) is 17.3 Å². The van der Waals surface area contributed by atoms with Gasteiger partial charge >= 0.3 is 0 Å². The van der Waals surface area contributed by atoms with Gasteiger partial charge in [-0.15, -0.1) is 11.8 Å². The number of hydrogen-bond donors (Lipinski definition) is 3. The van der Waals surface area contributed by atoms with E-state index in [1.165, 1.54) is 86.1 Å². The summed E-state index contributed by atoms with van der Waals surface area (Å²) in [6.07, 6.45) is 18.4. The van der Waals surface area contributed by atoms with Crippen LogP contribution in [0, 0.1) is 68.0 Å². The third kappa shape index (κ3) is 8.23. The molecule has 0 saturated heterocycles. The molecular formula is C63H90O7S3. The standard InChI is InChI=1S/2C21H30O3S.C21H30OS/c2*1-19(2)9-5-10-21(4)17(19)8-11-20(3)15-7-6-14(22)12-16(15)25(23,24)13-18(20)21;1-19(2)9-5-10-21(4)17(19)8-11-20(3)15-7-6-14(22)12-16(15)23-13-18(20)21/h2*6-7,12,17-18,22H,5,8-11,13H2,1-4H3;6-7,12,17-18,22H,5,8-11,13H2,1-4H3/t3*17-,18-,20-,21-/m000/s1. The van der Waals surface area contributed by atoms with Gasteiger partial charge in [-0.2, -0.15) is 0 Å². The summed E-state index contributed by atoms with van der Waals surface area (Å²) in [6.45, 7) is 28.9. The largest absolute Gasteiger partial charge is 0.508 e. The van der Waals surface area contributed by atoms with E-state index in [2.05, 4.69) is 89.2 Å². The van der Waals surface area contributed by atoms with Crippen molar-refractivity contribution in [3.05, 3.63) is 71.3 Å². The van der Waals surface area contributed by atoms with Crippen molar-refractivity contribution >= 4 is 31.4 Å². The second kappa shape index (κ2) is 17.4. The number of benzene rings is 3. The van der Waals surface area contributed by atoms with Crippen LogP contribution in [0.4, 0.5) is 0 Å². The molecule has 0 radical (unpaired) electrons. The first-order valence-electron chi connectivity index (χ1n) is 28.4. The lowest BCUT2D eigenvalue weighted by Gasteiger charge is -2.64. The molecule has 0 amide bonds. The first kappa shape index (κ1) is 53.7. The number of thioether (sulfide) groups is 1. The molecule has 10 heteroatoms. The SMILES string of the molecule is CC1(C)CCC[C@]2(C)[C@H]3CS(=O)(=O)c4cc(O)ccc4[C@]3(C)CC[C@@H]12.CC1(C)CCC[C@]2(C)[C@H]3CS(=O)(=O)c4cc(O)ccc4[C@]3(C)CC[C@@H]12.CC1(C)CCC[C@]2(C)[C@H]3CSc4cc(O)ccc4[C@]3(C)CC[C@@H]12. The average molecular weight is 1060 g/mol. The van der Waals surface area contributed by atoms with Crippen LogP contribution in [0.5, 0.6) is 17.2 Å². The summed E-state index contributed by atoms with van der Waals surface area (Å²) < 4.78 is 52.4. The summed E-state index contributed by atoms with van der Waals surface area (Å²) in [5, 5.41) is 29.5. The van der Waals surface area contributed by atoms with Crippen LogP contribution in [0.1, 0.15) is 196 Å². The third-order valence-corrected chi connectivity index (χ3v) is 28.7. The van der Waals surface area contributed by atoms with Crippen LogP contribution in [0.3, 0.4) is 0 Å². The van der Waals surface area contributed by atoms with Crippen molar-refractivity contribution in [1.82, 2.24) is 0 Å². The van der Waals surface area contributed by atoms with Gasteiger partial charge in [0.2, 0.25) is 0 Å². The molecule has 6 saturated carbocycles. The van der Waals surface area contributed by atoms with E-state index in [0.29, 0.717) is 38.2 Å². The van der Waals surface area contributed by atoms with Gasteiger partial charge in [0, 0.05) is 10.6 Å². The van der Waals surface area contributed by atoms with Crippen molar-refractivity contribution in [2.24, 2.45) is 68.0 Å². The van der Waals surface area contributed by atoms with Gasteiger partial charge in [-0.05, 0) is 214 Å². The lowest BCUT2D eigenvalue weighted by atomic mass is 9.43. The minimum atomic E-state index is -3.36. The van der Waals surface area contributed by atoms with Gasteiger partial charge in [-0.1, -0.05) is 121 Å². The van der Waals surface area contributed by atoms with Crippen LogP contribution < -0.4 is 0 Å². The molecule has 402 valence electrons. The van der Waals surface area contributed by atoms with Crippen LogP contribution >= 0.6 is 11.8 Å². The predicted molar refractivity (Wildman–Crippen MR) is 297 cm³/mol. The van der Waals surface area contributed by atoms with E-state index in [4.69, 9.17) is 0 Å². The van der Waals surface area contributed by atoms with Gasteiger partial charge in [-0.25, -0.2) is 16.8 Å². The van der Waals surface area contributed by atoms with Crippen molar-refractivity contribution in [1.29, 1.82) is 0 Å². The number of sulfone groups is 2. The fourth-order valence-corrected chi connectivity index (χ4v) is 26.8. The number of hydrogen-bond acceptors (Lipinski definition) is 8. The van der Waals surface area contributed by atoms with Crippen molar-refractivity contribution < 1.29 is 32.2 Å². The Morgan fingerprint density at radius 3 is 1.12 bits per heavy atom. The second-order valence-corrected chi connectivity index (χ2v) is 34.2. The van der Waals surface area contributed by atoms with Crippen molar-refractivity contribution in [3.8, 4) is 17.2 Å². The molecule has 6 aliphatic carbocycles. The van der Waals surface area contributed by atoms with Crippen LogP contribution in [0.2, 0.25) is 0 Å². The average Bonchev–Trinajstić information content (AvgIpc) is 3.27. The third-order valence-electron chi connectivity index (χ3n) is 24.0. The molecule has 3 aliphatic heterocycles. The van der Waals surface area contributed by atoms with Crippen molar-refractivity contribution in [2.45, 2.75) is 210 Å². The van der Waals surface area contributed by atoms with Crippen LogP contribution in [-0.2, 0) is 35.9 Å². The summed E-state index contributed by atoms with van der Waals surface area (Å²) in [5.41, 5.74) is 5.09. The van der Waals surface area contributed by atoms with Crippen LogP contribution in [0.25, 0.3) is 0 Å². The molecule has 6 fully saturated rings. The molecule has 3 N–H and O–H groups in total. The van der Waals surface area contributed by atoms with E-state index in [1.807, 2.05) is 36.0 Å². The molecule has 3 heterocycles. The minimum Gasteiger partial charge on any atom is -0.508 e. The molecule has 0 unspecified atom stereocenters. The van der Waals surface area contributed by atoms with E-state index >= 15 is 0 Å². The fraction of sp³-hybridized carbons (Fsp3) is 0.714. The van der Waals surface area contributed by atoms with Crippen molar-refractivity contribution in [3.63, 3.8) is 0 Å². The van der Waals surface area contributed by atoms with E-state index in [9.17, 15) is 32.2 Å². The Hall–Kier alpha value is -2.69. The summed E-state index contributed by atoms with van der Waals surface area (Å²) in [7, 11) is -6.72. The molecule has 9 aliphatic rings. The smallest absolute Gasteiger partial charge is 0.179 e. The molecule has 12 rings (SSSR count). The zero-order valence-electron chi connectivity index (χ0n) is 46.6. The molecule has 12 atom stereocenters. The van der Waals surface area contributed by atoms with E-state index in [1.54, 1.807) is 12.1 Å². The van der Waals surface area contributed by atoms with Gasteiger partial charge in [0.05, 0.1) is 21.3 Å². The maximum absolute atomic E-state index is 13.1. The highest BCUT2D eigenvalue weighted by atomic mass is 32.2. The number of aromatic hydroxyl groups is 3. The number of phenolic OH excluding ortho intramolecular Hbond substituents is 3. The minimum absolute atomic E-state index is 0.0445. The fourth-order valence-electron chi connectivity index (χ4n) is 20.4. The van der Waals surface area contributed by atoms with E-state index in [0.717, 1.165) is 61.5 Å². The molecule has 0 aromatic heterocycles. The monoisotopic (exact) mass is 1050 g/mol. The van der Waals surface area contributed by atoms with Gasteiger partial charge < -0.3 is 15.3 Å². The van der Waals surface area contributed by atoms with Gasteiger partial charge in [0.1, 0.15) is 17.2 Å². The van der Waals surface area contributed by atoms with Gasteiger partial charge in [0.15, 0.2) is 19.7 Å².